The Labute approximate surface area is 151 Å². The molecule has 7 heteroatoms. The summed E-state index contributed by atoms with van der Waals surface area (Å²) in [4.78, 5) is 17.9. The van der Waals surface area contributed by atoms with Crippen molar-refractivity contribution in [2.75, 3.05) is 5.75 Å². The maximum atomic E-state index is 12.6. The molecule has 3 rings (SSSR count). The number of aromatic nitrogens is 2. The lowest BCUT2D eigenvalue weighted by molar-refractivity contribution is -0.120. The highest BCUT2D eigenvalue weighted by Gasteiger charge is 2.38. The minimum atomic E-state index is -0.527. The van der Waals surface area contributed by atoms with Gasteiger partial charge in [0, 0.05) is 11.8 Å². The van der Waals surface area contributed by atoms with Crippen LogP contribution in [-0.2, 0) is 10.3 Å². The number of benzene rings is 1. The summed E-state index contributed by atoms with van der Waals surface area (Å²) in [7, 11) is 0. The van der Waals surface area contributed by atoms with E-state index in [2.05, 4.69) is 15.5 Å². The summed E-state index contributed by atoms with van der Waals surface area (Å²) >= 11 is 1.44. The van der Waals surface area contributed by atoms with Crippen molar-refractivity contribution in [3.8, 4) is 5.75 Å². The number of amides is 1. The monoisotopic (exact) mass is 361 g/mol. The molecule has 0 atom stereocenters. The third kappa shape index (κ3) is 4.54. The van der Waals surface area contributed by atoms with Crippen molar-refractivity contribution in [2.45, 2.75) is 55.9 Å². The quantitative estimate of drug-likeness (QED) is 0.625. The van der Waals surface area contributed by atoms with Gasteiger partial charge >= 0.3 is 0 Å². The van der Waals surface area contributed by atoms with Crippen molar-refractivity contribution in [3.05, 3.63) is 36.0 Å². The number of hydrogen-bond acceptors (Lipinski definition) is 6. The predicted molar refractivity (Wildman–Crippen MR) is 95.4 cm³/mol. The number of carbonyl (C=O) groups is 1. The Bertz CT molecular complexity index is 707. The Morgan fingerprint density at radius 2 is 1.92 bits per heavy atom. The molecule has 1 fully saturated rings. The van der Waals surface area contributed by atoms with Crippen LogP contribution in [0.5, 0.6) is 5.75 Å². The summed E-state index contributed by atoms with van der Waals surface area (Å²) in [5.41, 5.74) is -0.527. The molecule has 0 spiro atoms. The molecule has 134 valence electrons. The van der Waals surface area contributed by atoms with Gasteiger partial charge in [-0.25, -0.2) is 0 Å². The third-order valence-electron chi connectivity index (χ3n) is 4.50. The molecule has 0 saturated heterocycles. The van der Waals surface area contributed by atoms with E-state index in [4.69, 9.17) is 4.52 Å². The Balaban J connectivity index is 1.69. The summed E-state index contributed by atoms with van der Waals surface area (Å²) in [5.74, 6) is 1.60. The Hall–Kier alpha value is -2.02. The van der Waals surface area contributed by atoms with E-state index in [0.717, 1.165) is 43.4 Å². The molecular formula is C18H23N3O3S. The summed E-state index contributed by atoms with van der Waals surface area (Å²) in [6, 6.07) is 6.85. The number of hydrogen-bond donors (Lipinski definition) is 2. The van der Waals surface area contributed by atoms with Crippen LogP contribution >= 0.6 is 11.8 Å². The molecule has 0 unspecified atom stereocenters. The molecule has 0 bridgehead atoms. The molecule has 1 aromatic heterocycles. The van der Waals surface area contributed by atoms with Gasteiger partial charge in [-0.1, -0.05) is 30.8 Å². The first-order valence-corrected chi connectivity index (χ1v) is 9.60. The van der Waals surface area contributed by atoms with Crippen LogP contribution in [0.15, 0.2) is 33.7 Å². The van der Waals surface area contributed by atoms with E-state index in [1.165, 1.54) is 11.8 Å². The lowest BCUT2D eigenvalue weighted by atomic mass is 9.89. The zero-order valence-corrected chi connectivity index (χ0v) is 15.1. The number of nitrogens with one attached hydrogen (secondary N) is 1. The first kappa shape index (κ1) is 17.8. The van der Waals surface area contributed by atoms with Crippen LogP contribution in [0, 0.1) is 6.92 Å². The summed E-state index contributed by atoms with van der Waals surface area (Å²) in [6.07, 6.45) is 6.08. The van der Waals surface area contributed by atoms with Crippen molar-refractivity contribution in [3.63, 3.8) is 0 Å². The number of aryl methyl sites for hydroxylation is 1. The third-order valence-corrected chi connectivity index (χ3v) is 5.51. The van der Waals surface area contributed by atoms with Crippen LogP contribution in [0.3, 0.4) is 0 Å². The van der Waals surface area contributed by atoms with Crippen LogP contribution < -0.4 is 5.32 Å². The Kier molecular flexibility index (Phi) is 5.63. The van der Waals surface area contributed by atoms with Gasteiger partial charge in [-0.15, -0.1) is 11.8 Å². The second-order valence-electron chi connectivity index (χ2n) is 6.46. The zero-order chi connectivity index (χ0) is 17.7. The molecule has 1 amide bonds. The SMILES string of the molecule is Cc1nc(C2(NC(=O)CSc3ccc(O)cc3)CCCCCC2)no1. The molecule has 1 aliphatic carbocycles. The van der Waals surface area contributed by atoms with Crippen LogP contribution in [-0.4, -0.2) is 26.9 Å². The molecule has 0 radical (unpaired) electrons. The fourth-order valence-corrected chi connectivity index (χ4v) is 3.92. The second kappa shape index (κ2) is 7.91. The molecule has 1 saturated carbocycles. The molecule has 2 N–H and O–H groups in total. The molecule has 25 heavy (non-hydrogen) atoms. The van der Waals surface area contributed by atoms with Gasteiger partial charge in [-0.2, -0.15) is 4.98 Å². The van der Waals surface area contributed by atoms with E-state index in [0.29, 0.717) is 17.5 Å². The van der Waals surface area contributed by atoms with Gasteiger partial charge in [0.2, 0.25) is 11.8 Å². The lowest BCUT2D eigenvalue weighted by Crippen LogP contribution is -2.47. The molecule has 6 nitrogen and oxygen atoms in total. The predicted octanol–water partition coefficient (Wildman–Crippen LogP) is 3.54. The largest absolute Gasteiger partial charge is 0.508 e. The summed E-state index contributed by atoms with van der Waals surface area (Å²) in [6.45, 7) is 1.77. The molecule has 1 aromatic carbocycles. The molecule has 1 heterocycles. The van der Waals surface area contributed by atoms with E-state index in [1.54, 1.807) is 31.2 Å². The number of nitrogens with zero attached hydrogens (tertiary/aromatic N) is 2. The second-order valence-corrected chi connectivity index (χ2v) is 7.51. The Morgan fingerprint density at radius 1 is 1.24 bits per heavy atom. The van der Waals surface area contributed by atoms with E-state index < -0.39 is 5.54 Å². The van der Waals surface area contributed by atoms with Gasteiger partial charge in [0.15, 0.2) is 5.82 Å². The summed E-state index contributed by atoms with van der Waals surface area (Å²) in [5, 5.41) is 16.6. The standard InChI is InChI=1S/C18H23N3O3S/c1-13-19-17(21-24-13)18(10-4-2-3-5-11-18)20-16(23)12-25-15-8-6-14(22)7-9-15/h6-9,22H,2-5,10-12H2,1H3,(H,20,23). The van der Waals surface area contributed by atoms with Crippen LogP contribution in [0.1, 0.15) is 50.2 Å². The normalized spacial score (nSPS) is 17.0. The number of thioether (sulfide) groups is 1. The number of rotatable bonds is 5. The van der Waals surface area contributed by atoms with Gasteiger partial charge in [-0.05, 0) is 37.1 Å². The maximum Gasteiger partial charge on any atom is 0.231 e. The number of phenolic OH excluding ortho intramolecular Hbond substituents is 1. The topological polar surface area (TPSA) is 88.2 Å². The van der Waals surface area contributed by atoms with Crippen molar-refractivity contribution < 1.29 is 14.4 Å². The van der Waals surface area contributed by atoms with E-state index >= 15 is 0 Å². The van der Waals surface area contributed by atoms with Gasteiger partial charge in [-0.3, -0.25) is 4.79 Å². The minimum Gasteiger partial charge on any atom is -0.508 e. The average molecular weight is 361 g/mol. The highest BCUT2D eigenvalue weighted by atomic mass is 32.2. The number of carbonyl (C=O) groups excluding carboxylic acids is 1. The van der Waals surface area contributed by atoms with Crippen molar-refractivity contribution in [1.29, 1.82) is 0 Å². The minimum absolute atomic E-state index is 0.0394. The van der Waals surface area contributed by atoms with Crippen LogP contribution in [0.25, 0.3) is 0 Å². The van der Waals surface area contributed by atoms with Crippen LogP contribution in [0.2, 0.25) is 0 Å². The van der Waals surface area contributed by atoms with Crippen molar-refractivity contribution >= 4 is 17.7 Å². The smallest absolute Gasteiger partial charge is 0.231 e. The first-order chi connectivity index (χ1) is 12.1. The molecular weight excluding hydrogens is 338 g/mol. The van der Waals surface area contributed by atoms with Crippen molar-refractivity contribution in [1.82, 2.24) is 15.5 Å². The highest BCUT2D eigenvalue weighted by molar-refractivity contribution is 8.00. The first-order valence-electron chi connectivity index (χ1n) is 8.61. The fourth-order valence-electron chi connectivity index (χ4n) is 3.22. The highest BCUT2D eigenvalue weighted by Crippen LogP contribution is 2.35. The van der Waals surface area contributed by atoms with E-state index in [9.17, 15) is 9.90 Å². The van der Waals surface area contributed by atoms with E-state index in [-0.39, 0.29) is 11.7 Å². The molecule has 0 aliphatic heterocycles. The van der Waals surface area contributed by atoms with Gasteiger partial charge < -0.3 is 14.9 Å². The van der Waals surface area contributed by atoms with Gasteiger partial charge in [0.25, 0.3) is 0 Å². The molecule has 1 aliphatic rings. The lowest BCUT2D eigenvalue weighted by Gasteiger charge is -2.30. The summed E-state index contributed by atoms with van der Waals surface area (Å²) < 4.78 is 5.16. The van der Waals surface area contributed by atoms with Crippen molar-refractivity contribution in [2.24, 2.45) is 0 Å². The average Bonchev–Trinajstić information content (AvgIpc) is 2.90. The van der Waals surface area contributed by atoms with Gasteiger partial charge in [0.05, 0.1) is 5.75 Å². The zero-order valence-electron chi connectivity index (χ0n) is 14.3. The maximum absolute atomic E-state index is 12.6. The fraction of sp³-hybridized carbons (Fsp3) is 0.500. The number of aromatic hydroxyl groups is 1. The van der Waals surface area contributed by atoms with E-state index in [1.807, 2.05) is 0 Å². The number of phenols is 1. The van der Waals surface area contributed by atoms with Gasteiger partial charge in [0.1, 0.15) is 11.3 Å². The Morgan fingerprint density at radius 3 is 2.52 bits per heavy atom. The molecule has 2 aromatic rings. The van der Waals surface area contributed by atoms with Crippen LogP contribution in [0.4, 0.5) is 0 Å².